The van der Waals surface area contributed by atoms with Gasteiger partial charge in [0.2, 0.25) is 0 Å². The maximum atomic E-state index is 14.1. The molecule has 0 radical (unpaired) electrons. The normalized spacial score (nSPS) is 23.2. The largest absolute Gasteiger partial charge is 0.203 e. The van der Waals surface area contributed by atoms with Crippen LogP contribution in [-0.2, 0) is 0 Å². The second kappa shape index (κ2) is 5.16. The quantitative estimate of drug-likeness (QED) is 0.624. The Bertz CT molecular complexity index is 637. The van der Waals surface area contributed by atoms with Gasteiger partial charge in [-0.25, -0.2) is 8.78 Å². The predicted molar refractivity (Wildman–Crippen MR) is 79.0 cm³/mol. The highest BCUT2D eigenvalue weighted by Gasteiger charge is 2.20. The molecule has 1 saturated carbocycles. The average Bonchev–Trinajstić information content (AvgIpc) is 2.46. The van der Waals surface area contributed by atoms with E-state index in [1.54, 1.807) is 13.0 Å². The number of halogens is 2. The van der Waals surface area contributed by atoms with Crippen LogP contribution in [0, 0.1) is 24.5 Å². The Morgan fingerprint density at radius 3 is 2.35 bits per heavy atom. The number of hydrogen-bond donors (Lipinski definition) is 0. The van der Waals surface area contributed by atoms with E-state index < -0.39 is 11.6 Å². The van der Waals surface area contributed by atoms with Crippen molar-refractivity contribution in [3.8, 4) is 0 Å². The fourth-order valence-corrected chi connectivity index (χ4v) is 3.33. The van der Waals surface area contributed by atoms with Crippen LogP contribution in [0.4, 0.5) is 8.78 Å². The van der Waals surface area contributed by atoms with Gasteiger partial charge in [0.1, 0.15) is 0 Å². The van der Waals surface area contributed by atoms with E-state index in [1.807, 2.05) is 12.1 Å². The number of hydrogen-bond acceptors (Lipinski definition) is 0. The summed E-state index contributed by atoms with van der Waals surface area (Å²) in [6, 6.07) is 7.59. The first-order chi connectivity index (χ1) is 9.56. The minimum absolute atomic E-state index is 0.370. The van der Waals surface area contributed by atoms with Gasteiger partial charge in [-0.1, -0.05) is 31.9 Å². The number of fused-ring (bicyclic) bond motifs is 1. The van der Waals surface area contributed by atoms with Crippen LogP contribution in [0.15, 0.2) is 24.3 Å². The van der Waals surface area contributed by atoms with Gasteiger partial charge in [0, 0.05) is 5.39 Å². The molecule has 0 unspecified atom stereocenters. The molecule has 106 valence electrons. The highest BCUT2D eigenvalue weighted by Crippen LogP contribution is 2.37. The Labute approximate surface area is 118 Å². The summed E-state index contributed by atoms with van der Waals surface area (Å²) in [4.78, 5) is 0. The van der Waals surface area contributed by atoms with Crippen molar-refractivity contribution in [3.05, 3.63) is 47.0 Å². The maximum absolute atomic E-state index is 14.1. The summed E-state index contributed by atoms with van der Waals surface area (Å²) in [6.45, 7) is 3.89. The van der Waals surface area contributed by atoms with Crippen molar-refractivity contribution in [2.45, 2.75) is 45.4 Å². The minimum atomic E-state index is -0.716. The Balaban J connectivity index is 2.02. The summed E-state index contributed by atoms with van der Waals surface area (Å²) < 4.78 is 27.8. The van der Waals surface area contributed by atoms with Gasteiger partial charge in [-0.15, -0.1) is 0 Å². The van der Waals surface area contributed by atoms with E-state index >= 15 is 0 Å². The first-order valence-corrected chi connectivity index (χ1v) is 7.44. The Hall–Kier alpha value is -1.44. The third kappa shape index (κ3) is 2.32. The highest BCUT2D eigenvalue weighted by atomic mass is 19.2. The molecule has 1 aliphatic rings. The molecule has 20 heavy (non-hydrogen) atoms. The van der Waals surface area contributed by atoms with E-state index in [0.29, 0.717) is 16.9 Å². The zero-order valence-electron chi connectivity index (χ0n) is 12.0. The zero-order chi connectivity index (χ0) is 14.3. The second-order valence-electron chi connectivity index (χ2n) is 6.26. The van der Waals surface area contributed by atoms with Crippen LogP contribution in [0.3, 0.4) is 0 Å². The second-order valence-corrected chi connectivity index (χ2v) is 6.26. The summed E-state index contributed by atoms with van der Waals surface area (Å²) in [5.74, 6) is -0.124. The molecular formula is C18H20F2. The molecule has 0 spiro atoms. The van der Waals surface area contributed by atoms with E-state index in [4.69, 9.17) is 0 Å². The van der Waals surface area contributed by atoms with Gasteiger partial charge >= 0.3 is 0 Å². The van der Waals surface area contributed by atoms with Crippen LogP contribution in [0.2, 0.25) is 0 Å². The summed E-state index contributed by atoms with van der Waals surface area (Å²) in [7, 11) is 0. The van der Waals surface area contributed by atoms with Crippen LogP contribution < -0.4 is 0 Å². The highest BCUT2D eigenvalue weighted by molar-refractivity contribution is 5.84. The lowest BCUT2D eigenvalue weighted by molar-refractivity contribution is 0.348. The van der Waals surface area contributed by atoms with Gasteiger partial charge in [-0.2, -0.15) is 0 Å². The van der Waals surface area contributed by atoms with E-state index in [0.717, 1.165) is 29.7 Å². The fourth-order valence-electron chi connectivity index (χ4n) is 3.33. The van der Waals surface area contributed by atoms with Gasteiger partial charge in [0.15, 0.2) is 11.6 Å². The summed E-state index contributed by atoms with van der Waals surface area (Å²) in [5.41, 5.74) is 1.53. The minimum Gasteiger partial charge on any atom is -0.203 e. The molecule has 0 bridgehead atoms. The molecule has 0 aromatic heterocycles. The van der Waals surface area contributed by atoms with E-state index in [9.17, 15) is 8.78 Å². The van der Waals surface area contributed by atoms with E-state index in [-0.39, 0.29) is 0 Å². The van der Waals surface area contributed by atoms with Crippen molar-refractivity contribution in [2.24, 2.45) is 5.92 Å². The third-order valence-electron chi connectivity index (χ3n) is 4.71. The Morgan fingerprint density at radius 1 is 0.950 bits per heavy atom. The topological polar surface area (TPSA) is 0 Å². The van der Waals surface area contributed by atoms with Crippen molar-refractivity contribution in [1.82, 2.24) is 0 Å². The fraction of sp³-hybridized carbons (Fsp3) is 0.444. The monoisotopic (exact) mass is 274 g/mol. The molecule has 3 rings (SSSR count). The molecule has 1 aliphatic carbocycles. The molecule has 0 heterocycles. The molecule has 0 aliphatic heterocycles. The first kappa shape index (κ1) is 13.5. The van der Waals surface area contributed by atoms with Crippen molar-refractivity contribution in [2.75, 3.05) is 0 Å². The molecule has 2 heteroatoms. The van der Waals surface area contributed by atoms with E-state index in [1.165, 1.54) is 12.8 Å². The summed E-state index contributed by atoms with van der Waals surface area (Å²) in [5, 5.41) is 1.21. The molecule has 2 aromatic carbocycles. The molecule has 0 nitrogen and oxygen atoms in total. The lowest BCUT2D eigenvalue weighted by Gasteiger charge is -2.26. The maximum Gasteiger partial charge on any atom is 0.166 e. The molecule has 0 N–H and O–H groups in total. The molecule has 2 aromatic rings. The van der Waals surface area contributed by atoms with Gasteiger partial charge in [-0.05, 0) is 60.2 Å². The van der Waals surface area contributed by atoms with Crippen LogP contribution in [-0.4, -0.2) is 0 Å². The molecular weight excluding hydrogens is 254 g/mol. The van der Waals surface area contributed by atoms with Crippen molar-refractivity contribution < 1.29 is 8.78 Å². The molecule has 0 atom stereocenters. The summed E-state index contributed by atoms with van der Waals surface area (Å²) >= 11 is 0. The van der Waals surface area contributed by atoms with Gasteiger partial charge in [-0.3, -0.25) is 0 Å². The van der Waals surface area contributed by atoms with Crippen LogP contribution in [0.5, 0.6) is 0 Å². The summed E-state index contributed by atoms with van der Waals surface area (Å²) in [6.07, 6.45) is 4.77. The number of rotatable bonds is 1. The predicted octanol–water partition coefficient (Wildman–Crippen LogP) is 5.72. The molecule has 0 amide bonds. The van der Waals surface area contributed by atoms with Crippen molar-refractivity contribution >= 4 is 10.8 Å². The lowest BCUT2D eigenvalue weighted by atomic mass is 9.79. The Morgan fingerprint density at radius 2 is 1.65 bits per heavy atom. The first-order valence-electron chi connectivity index (χ1n) is 7.44. The number of aryl methyl sites for hydroxylation is 1. The smallest absolute Gasteiger partial charge is 0.166 e. The lowest BCUT2D eigenvalue weighted by Crippen LogP contribution is -2.10. The van der Waals surface area contributed by atoms with Crippen molar-refractivity contribution in [3.63, 3.8) is 0 Å². The zero-order valence-corrected chi connectivity index (χ0v) is 12.0. The standard InChI is InChI=1S/C18H20F2/c1-11-3-5-13(6-4-11)14-7-8-15-9-12(2)17(19)18(20)16(15)10-14/h7-11,13H,3-6H2,1-2H3. The van der Waals surface area contributed by atoms with Gasteiger partial charge in [0.05, 0.1) is 0 Å². The molecule has 0 saturated heterocycles. The number of benzene rings is 2. The van der Waals surface area contributed by atoms with Gasteiger partial charge < -0.3 is 0 Å². The molecule has 1 fully saturated rings. The Kier molecular flexibility index (Phi) is 3.49. The van der Waals surface area contributed by atoms with Crippen LogP contribution >= 0.6 is 0 Å². The average molecular weight is 274 g/mol. The van der Waals surface area contributed by atoms with Crippen LogP contribution in [0.25, 0.3) is 10.8 Å². The third-order valence-corrected chi connectivity index (χ3v) is 4.71. The van der Waals surface area contributed by atoms with Crippen molar-refractivity contribution in [1.29, 1.82) is 0 Å². The van der Waals surface area contributed by atoms with Gasteiger partial charge in [0.25, 0.3) is 0 Å². The SMILES string of the molecule is Cc1cc2ccc(C3CCC(C)CC3)cc2c(F)c1F. The van der Waals surface area contributed by atoms with E-state index in [2.05, 4.69) is 13.0 Å². The van der Waals surface area contributed by atoms with Crippen LogP contribution in [0.1, 0.15) is 49.7 Å².